The molecule has 0 saturated carbocycles. The van der Waals surface area contributed by atoms with Crippen LogP contribution in [0.3, 0.4) is 0 Å². The maximum atomic E-state index is 6.01. The first-order valence-corrected chi connectivity index (χ1v) is 34.7. The first-order valence-electron chi connectivity index (χ1n) is 34.7. The molecule has 2 aromatic rings. The molecule has 0 spiro atoms. The molecule has 2 aromatic carbocycles. The number of benzene rings is 2. The Morgan fingerprint density at radius 3 is 0.516 bits per heavy atom. The van der Waals surface area contributed by atoms with E-state index in [9.17, 15) is 0 Å². The van der Waals surface area contributed by atoms with Crippen LogP contribution >= 0.6 is 0 Å². The van der Waals surface area contributed by atoms with Gasteiger partial charge in [-0.15, -0.1) is 0 Å². The SMILES string of the molecule is CCCCCCCCCc1ccccc1OCCOCCOCCOCCOCCOCCOCCOCCOCCOCCOCCOCCOCCOCCOCCOCCOCCOCCOCCOCCOc1ccccc1CCCCCCCCC. The van der Waals surface area contributed by atoms with Crippen molar-refractivity contribution >= 4 is 0 Å². The summed E-state index contributed by atoms with van der Waals surface area (Å²) in [5.41, 5.74) is 2.57. The molecule has 0 N–H and O–H groups in total. The van der Waals surface area contributed by atoms with Gasteiger partial charge in [0.15, 0.2) is 0 Å². The van der Waals surface area contributed by atoms with E-state index in [4.69, 9.17) is 99.5 Å². The predicted molar refractivity (Wildman–Crippen MR) is 353 cm³/mol. The largest absolute Gasteiger partial charge is 0.491 e. The van der Waals surface area contributed by atoms with E-state index in [1.54, 1.807) is 0 Å². The van der Waals surface area contributed by atoms with Crippen molar-refractivity contribution in [1.82, 2.24) is 0 Å². The van der Waals surface area contributed by atoms with Gasteiger partial charge in [-0.05, 0) is 48.9 Å². The van der Waals surface area contributed by atoms with E-state index in [2.05, 4.69) is 50.2 Å². The van der Waals surface area contributed by atoms with Gasteiger partial charge in [0.25, 0.3) is 0 Å². The van der Waals surface area contributed by atoms with Gasteiger partial charge < -0.3 is 99.5 Å². The Bertz CT molecular complexity index is 1590. The molecule has 0 atom stereocenters. The molecule has 532 valence electrons. The quantitative estimate of drug-likeness (QED) is 0.0567. The molecule has 0 aromatic heterocycles. The number of rotatable bonds is 78. The van der Waals surface area contributed by atoms with Crippen LogP contribution in [0.25, 0.3) is 0 Å². The molecule has 0 aliphatic carbocycles. The lowest BCUT2D eigenvalue weighted by atomic mass is 10.0. The third-order valence-corrected chi connectivity index (χ3v) is 13.7. The molecule has 0 radical (unpaired) electrons. The van der Waals surface area contributed by atoms with E-state index in [0.717, 1.165) is 24.3 Å². The molecule has 0 aliphatic heterocycles. The Morgan fingerprint density at radius 1 is 0.176 bits per heavy atom. The van der Waals surface area contributed by atoms with Gasteiger partial charge in [-0.2, -0.15) is 0 Å². The van der Waals surface area contributed by atoms with Crippen LogP contribution in [0.15, 0.2) is 48.5 Å². The van der Waals surface area contributed by atoms with Crippen LogP contribution in [0.2, 0.25) is 0 Å². The predicted octanol–water partition coefficient (Wildman–Crippen LogP) is 10.0. The molecular formula is C70H126O21. The van der Waals surface area contributed by atoms with Gasteiger partial charge >= 0.3 is 0 Å². The zero-order valence-electron chi connectivity index (χ0n) is 56.8. The highest BCUT2D eigenvalue weighted by molar-refractivity contribution is 5.34. The fourth-order valence-electron chi connectivity index (χ4n) is 8.73. The second-order valence-electron chi connectivity index (χ2n) is 21.3. The Morgan fingerprint density at radius 2 is 0.330 bits per heavy atom. The molecule has 21 nitrogen and oxygen atoms in total. The smallest absolute Gasteiger partial charge is 0.122 e. The molecule has 2 rings (SSSR count). The average molecular weight is 1300 g/mol. The topological polar surface area (TPSA) is 194 Å². The third kappa shape index (κ3) is 61.9. The molecule has 0 heterocycles. The second-order valence-corrected chi connectivity index (χ2v) is 21.3. The van der Waals surface area contributed by atoms with Crippen molar-refractivity contribution in [1.29, 1.82) is 0 Å². The average Bonchev–Trinajstić information content (AvgIpc) is 3.54. The number of hydrogen-bond donors (Lipinski definition) is 0. The van der Waals surface area contributed by atoms with Crippen molar-refractivity contribution in [3.05, 3.63) is 59.7 Å². The first-order chi connectivity index (χ1) is 45.3. The number of aryl methyl sites for hydroxylation is 2. The van der Waals surface area contributed by atoms with Crippen LogP contribution in [-0.4, -0.2) is 264 Å². The highest BCUT2D eigenvalue weighted by atomic mass is 16.6. The number of ether oxygens (including phenoxy) is 21. The summed E-state index contributed by atoms with van der Waals surface area (Å²) in [6, 6.07) is 16.7. The molecule has 0 aliphatic rings. The van der Waals surface area contributed by atoms with Crippen molar-refractivity contribution in [2.24, 2.45) is 0 Å². The summed E-state index contributed by atoms with van der Waals surface area (Å²) < 4.78 is 118. The monoisotopic (exact) mass is 1300 g/mol. The van der Waals surface area contributed by atoms with E-state index >= 15 is 0 Å². The van der Waals surface area contributed by atoms with Crippen LogP contribution in [0, 0.1) is 0 Å². The normalized spacial score (nSPS) is 11.6. The van der Waals surface area contributed by atoms with E-state index in [-0.39, 0.29) is 0 Å². The van der Waals surface area contributed by atoms with Crippen LogP contribution in [0.1, 0.15) is 115 Å². The third-order valence-electron chi connectivity index (χ3n) is 13.7. The lowest BCUT2D eigenvalue weighted by Gasteiger charge is -2.12. The van der Waals surface area contributed by atoms with Crippen molar-refractivity contribution in [2.75, 3.05) is 264 Å². The van der Waals surface area contributed by atoms with Gasteiger partial charge in [0.05, 0.1) is 251 Å². The second kappa shape index (κ2) is 73.1. The van der Waals surface area contributed by atoms with Gasteiger partial charge in [0.1, 0.15) is 24.7 Å². The molecule has 0 amide bonds. The number of para-hydroxylation sites is 2. The molecule has 0 fully saturated rings. The Labute approximate surface area is 549 Å². The summed E-state index contributed by atoms with van der Waals surface area (Å²) in [6.45, 7) is 24.6. The minimum atomic E-state index is 0.490. The first kappa shape index (κ1) is 84.4. The van der Waals surface area contributed by atoms with Crippen LogP contribution in [-0.2, 0) is 103 Å². The van der Waals surface area contributed by atoms with Gasteiger partial charge in [-0.3, -0.25) is 0 Å². The summed E-state index contributed by atoms with van der Waals surface area (Å²) >= 11 is 0. The number of unbranched alkanes of at least 4 members (excludes halogenated alkanes) is 12. The molecule has 0 unspecified atom stereocenters. The minimum Gasteiger partial charge on any atom is -0.491 e. The van der Waals surface area contributed by atoms with E-state index in [0.29, 0.717) is 264 Å². The molecule has 0 bridgehead atoms. The van der Waals surface area contributed by atoms with Crippen molar-refractivity contribution < 1.29 is 99.5 Å². The van der Waals surface area contributed by atoms with Crippen molar-refractivity contribution in [3.63, 3.8) is 0 Å². The van der Waals surface area contributed by atoms with Crippen molar-refractivity contribution in [3.8, 4) is 11.5 Å². The van der Waals surface area contributed by atoms with E-state index < -0.39 is 0 Å². The lowest BCUT2D eigenvalue weighted by molar-refractivity contribution is -0.0313. The van der Waals surface area contributed by atoms with Crippen LogP contribution in [0.5, 0.6) is 11.5 Å². The van der Waals surface area contributed by atoms with Crippen molar-refractivity contribution in [2.45, 2.75) is 117 Å². The molecule has 21 heteroatoms. The summed E-state index contributed by atoms with van der Waals surface area (Å²) in [6.07, 6.45) is 20.4. The Hall–Kier alpha value is -2.72. The van der Waals surface area contributed by atoms with Gasteiger partial charge in [0, 0.05) is 0 Å². The summed E-state index contributed by atoms with van der Waals surface area (Å²) in [7, 11) is 0. The maximum Gasteiger partial charge on any atom is 0.122 e. The minimum absolute atomic E-state index is 0.490. The Balaban J connectivity index is 1.13. The van der Waals surface area contributed by atoms with Gasteiger partial charge in [-0.1, -0.05) is 127 Å². The van der Waals surface area contributed by atoms with Crippen LogP contribution < -0.4 is 9.47 Å². The van der Waals surface area contributed by atoms with Crippen LogP contribution in [0.4, 0.5) is 0 Å². The standard InChI is InChI=1S/C70H126O21/c1-3-5-7-9-11-13-15-21-67-23-17-19-25-69(67)90-65-63-88-61-59-86-57-55-84-53-51-82-49-47-80-45-43-78-41-39-76-37-35-74-33-31-72-29-27-71-28-30-73-32-34-75-36-38-77-40-42-79-44-46-81-48-50-83-52-54-85-56-58-87-60-62-89-64-66-91-70-26-20-18-24-68(70)22-16-14-12-10-8-6-4-2/h17-20,23-26H,3-16,21-22,27-66H2,1-2H3. The maximum absolute atomic E-state index is 6.01. The molecule has 91 heavy (non-hydrogen) atoms. The zero-order valence-corrected chi connectivity index (χ0v) is 56.8. The highest BCUT2D eigenvalue weighted by Gasteiger charge is 2.07. The lowest BCUT2D eigenvalue weighted by Crippen LogP contribution is -2.16. The molecular weight excluding hydrogens is 1180 g/mol. The molecule has 0 saturated heterocycles. The van der Waals surface area contributed by atoms with E-state index in [1.807, 2.05) is 12.1 Å². The zero-order chi connectivity index (χ0) is 64.4. The van der Waals surface area contributed by atoms with Gasteiger partial charge in [-0.25, -0.2) is 0 Å². The summed E-state index contributed by atoms with van der Waals surface area (Å²) in [5.74, 6) is 1.94. The van der Waals surface area contributed by atoms with E-state index in [1.165, 1.54) is 101 Å². The van der Waals surface area contributed by atoms with Gasteiger partial charge in [0.2, 0.25) is 0 Å². The fourth-order valence-corrected chi connectivity index (χ4v) is 8.73. The highest BCUT2D eigenvalue weighted by Crippen LogP contribution is 2.22. The summed E-state index contributed by atoms with van der Waals surface area (Å²) in [4.78, 5) is 0. The Kier molecular flexibility index (Phi) is 67.8. The fraction of sp³-hybridized carbons (Fsp3) is 0.829. The number of hydrogen-bond acceptors (Lipinski definition) is 21. The summed E-state index contributed by atoms with van der Waals surface area (Å²) in [5, 5.41) is 0.